The first-order valence-electron chi connectivity index (χ1n) is 5.41. The second kappa shape index (κ2) is 4.83. The summed E-state index contributed by atoms with van der Waals surface area (Å²) in [5.41, 5.74) is 0.939. The van der Waals surface area contributed by atoms with Crippen molar-refractivity contribution in [1.82, 2.24) is 0 Å². The summed E-state index contributed by atoms with van der Waals surface area (Å²) in [5, 5.41) is 12.3. The van der Waals surface area contributed by atoms with E-state index in [0.29, 0.717) is 12.8 Å². The number of aliphatic hydroxyl groups is 1. The van der Waals surface area contributed by atoms with Crippen LogP contribution in [0.1, 0.15) is 24.5 Å². The fourth-order valence-corrected chi connectivity index (χ4v) is 1.80. The standard InChI is InChI=1S/C15H14O/c1-2-3-8-15(16)14-10-9-12-6-4-5-7-13(12)11-14/h1,4-7,9-11,15-16H,3,8H2. The molecule has 1 unspecified atom stereocenters. The summed E-state index contributed by atoms with van der Waals surface area (Å²) in [6, 6.07) is 14.1. The predicted octanol–water partition coefficient (Wildman–Crippen LogP) is 3.29. The summed E-state index contributed by atoms with van der Waals surface area (Å²) < 4.78 is 0. The van der Waals surface area contributed by atoms with Crippen molar-refractivity contribution in [3.8, 4) is 12.3 Å². The number of fused-ring (bicyclic) bond motifs is 1. The van der Waals surface area contributed by atoms with Gasteiger partial charge in [0.25, 0.3) is 0 Å². The molecule has 1 N–H and O–H groups in total. The molecule has 0 aliphatic heterocycles. The summed E-state index contributed by atoms with van der Waals surface area (Å²) in [5.74, 6) is 2.55. The van der Waals surface area contributed by atoms with Gasteiger partial charge in [-0.3, -0.25) is 0 Å². The van der Waals surface area contributed by atoms with Crippen LogP contribution >= 0.6 is 0 Å². The van der Waals surface area contributed by atoms with E-state index >= 15 is 0 Å². The first-order chi connectivity index (χ1) is 7.81. The number of benzene rings is 2. The van der Waals surface area contributed by atoms with Crippen LogP contribution in [0.25, 0.3) is 10.8 Å². The molecule has 1 atom stereocenters. The summed E-state index contributed by atoms with van der Waals surface area (Å²) >= 11 is 0. The van der Waals surface area contributed by atoms with E-state index in [9.17, 15) is 5.11 Å². The average molecular weight is 210 g/mol. The largest absolute Gasteiger partial charge is 0.388 e. The smallest absolute Gasteiger partial charge is 0.0799 e. The zero-order valence-electron chi connectivity index (χ0n) is 9.06. The highest BCUT2D eigenvalue weighted by atomic mass is 16.3. The maximum absolute atomic E-state index is 9.92. The predicted molar refractivity (Wildman–Crippen MR) is 67.0 cm³/mol. The monoisotopic (exact) mass is 210 g/mol. The van der Waals surface area contributed by atoms with Crippen LogP contribution in [-0.4, -0.2) is 5.11 Å². The normalized spacial score (nSPS) is 12.2. The molecule has 0 aliphatic rings. The molecule has 0 bridgehead atoms. The summed E-state index contributed by atoms with van der Waals surface area (Å²) in [4.78, 5) is 0. The maximum atomic E-state index is 9.92. The average Bonchev–Trinajstić information content (AvgIpc) is 2.35. The van der Waals surface area contributed by atoms with Crippen LogP contribution in [0.3, 0.4) is 0 Å². The minimum Gasteiger partial charge on any atom is -0.388 e. The summed E-state index contributed by atoms with van der Waals surface area (Å²) in [7, 11) is 0. The van der Waals surface area contributed by atoms with Gasteiger partial charge < -0.3 is 5.11 Å². The van der Waals surface area contributed by atoms with E-state index in [-0.39, 0.29) is 0 Å². The Morgan fingerprint density at radius 2 is 1.88 bits per heavy atom. The molecule has 0 saturated heterocycles. The molecule has 2 rings (SSSR count). The molecule has 2 aromatic rings. The summed E-state index contributed by atoms with van der Waals surface area (Å²) in [6.07, 6.45) is 5.95. The highest BCUT2D eigenvalue weighted by molar-refractivity contribution is 5.83. The molecule has 1 heteroatoms. The molecular formula is C15H14O. The van der Waals surface area contributed by atoms with Crippen molar-refractivity contribution >= 4 is 10.8 Å². The van der Waals surface area contributed by atoms with Crippen LogP contribution in [0.5, 0.6) is 0 Å². The van der Waals surface area contributed by atoms with Crippen molar-refractivity contribution in [3.63, 3.8) is 0 Å². The molecular weight excluding hydrogens is 196 g/mol. The first-order valence-corrected chi connectivity index (χ1v) is 5.41. The van der Waals surface area contributed by atoms with Crippen LogP contribution in [0.15, 0.2) is 42.5 Å². The lowest BCUT2D eigenvalue weighted by Gasteiger charge is -2.10. The molecule has 80 valence electrons. The van der Waals surface area contributed by atoms with Gasteiger partial charge in [0.1, 0.15) is 0 Å². The van der Waals surface area contributed by atoms with Gasteiger partial charge in [-0.2, -0.15) is 0 Å². The van der Waals surface area contributed by atoms with Gasteiger partial charge in [0.2, 0.25) is 0 Å². The third kappa shape index (κ3) is 2.24. The van der Waals surface area contributed by atoms with Crippen LogP contribution in [0, 0.1) is 12.3 Å². The molecule has 0 saturated carbocycles. The van der Waals surface area contributed by atoms with Gasteiger partial charge in [-0.15, -0.1) is 12.3 Å². The fraction of sp³-hybridized carbons (Fsp3) is 0.200. The van der Waals surface area contributed by atoms with Crippen molar-refractivity contribution < 1.29 is 5.11 Å². The van der Waals surface area contributed by atoms with Crippen molar-refractivity contribution in [3.05, 3.63) is 48.0 Å². The van der Waals surface area contributed by atoms with E-state index < -0.39 is 6.10 Å². The number of rotatable bonds is 3. The highest BCUT2D eigenvalue weighted by Gasteiger charge is 2.06. The molecule has 0 aromatic heterocycles. The number of hydrogen-bond donors (Lipinski definition) is 1. The van der Waals surface area contributed by atoms with Gasteiger partial charge in [-0.1, -0.05) is 36.4 Å². The Morgan fingerprint density at radius 1 is 1.12 bits per heavy atom. The van der Waals surface area contributed by atoms with Crippen molar-refractivity contribution in [2.24, 2.45) is 0 Å². The highest BCUT2D eigenvalue weighted by Crippen LogP contribution is 2.22. The molecule has 0 spiro atoms. The Labute approximate surface area is 95.7 Å². The molecule has 0 radical (unpaired) electrons. The molecule has 0 heterocycles. The van der Waals surface area contributed by atoms with Crippen molar-refractivity contribution in [2.45, 2.75) is 18.9 Å². The molecule has 1 nitrogen and oxygen atoms in total. The molecule has 0 amide bonds. The number of aliphatic hydroxyl groups excluding tert-OH is 1. The third-order valence-electron chi connectivity index (χ3n) is 2.72. The summed E-state index contributed by atoms with van der Waals surface area (Å²) in [6.45, 7) is 0. The van der Waals surface area contributed by atoms with Gasteiger partial charge in [0.15, 0.2) is 0 Å². The van der Waals surface area contributed by atoms with E-state index in [1.807, 2.05) is 36.4 Å². The van der Waals surface area contributed by atoms with Gasteiger partial charge >= 0.3 is 0 Å². The SMILES string of the molecule is C#CCCC(O)c1ccc2ccccc2c1. The molecule has 16 heavy (non-hydrogen) atoms. The molecule has 0 fully saturated rings. The zero-order chi connectivity index (χ0) is 11.4. The minimum absolute atomic E-state index is 0.458. The Balaban J connectivity index is 2.29. The lowest BCUT2D eigenvalue weighted by atomic mass is 10.0. The second-order valence-corrected chi connectivity index (χ2v) is 3.87. The lowest BCUT2D eigenvalue weighted by molar-refractivity contribution is 0.169. The third-order valence-corrected chi connectivity index (χ3v) is 2.72. The fourth-order valence-electron chi connectivity index (χ4n) is 1.80. The van der Waals surface area contributed by atoms with Gasteiger partial charge in [0, 0.05) is 6.42 Å². The van der Waals surface area contributed by atoms with E-state index in [0.717, 1.165) is 10.9 Å². The van der Waals surface area contributed by atoms with Crippen LogP contribution in [-0.2, 0) is 0 Å². The van der Waals surface area contributed by atoms with Crippen LogP contribution < -0.4 is 0 Å². The Kier molecular flexibility index (Phi) is 3.24. The van der Waals surface area contributed by atoms with E-state index in [2.05, 4.69) is 12.0 Å². The lowest BCUT2D eigenvalue weighted by Crippen LogP contribution is -1.96. The van der Waals surface area contributed by atoms with E-state index in [1.54, 1.807) is 0 Å². The van der Waals surface area contributed by atoms with Crippen molar-refractivity contribution in [1.29, 1.82) is 0 Å². The van der Waals surface area contributed by atoms with E-state index in [4.69, 9.17) is 6.42 Å². The minimum atomic E-state index is -0.458. The first kappa shape index (κ1) is 10.7. The van der Waals surface area contributed by atoms with Crippen LogP contribution in [0.4, 0.5) is 0 Å². The zero-order valence-corrected chi connectivity index (χ0v) is 9.06. The number of hydrogen-bond acceptors (Lipinski definition) is 1. The Bertz CT molecular complexity index is 522. The quantitative estimate of drug-likeness (QED) is 0.771. The van der Waals surface area contributed by atoms with Gasteiger partial charge in [0.05, 0.1) is 6.10 Å². The maximum Gasteiger partial charge on any atom is 0.0799 e. The van der Waals surface area contributed by atoms with Gasteiger partial charge in [-0.05, 0) is 28.8 Å². The van der Waals surface area contributed by atoms with E-state index in [1.165, 1.54) is 5.39 Å². The Morgan fingerprint density at radius 3 is 2.62 bits per heavy atom. The number of terminal acetylenes is 1. The van der Waals surface area contributed by atoms with Crippen LogP contribution in [0.2, 0.25) is 0 Å². The topological polar surface area (TPSA) is 20.2 Å². The van der Waals surface area contributed by atoms with Crippen molar-refractivity contribution in [2.75, 3.05) is 0 Å². The molecule has 0 aliphatic carbocycles. The Hall–Kier alpha value is -1.78. The van der Waals surface area contributed by atoms with Gasteiger partial charge in [-0.25, -0.2) is 0 Å². The molecule has 2 aromatic carbocycles. The second-order valence-electron chi connectivity index (χ2n) is 3.87.